The van der Waals surface area contributed by atoms with Crippen LogP contribution in [0.4, 0.5) is 14.5 Å². The normalized spacial score (nSPS) is 23.3. The molecule has 0 aromatic heterocycles. The average Bonchev–Trinajstić information content (AvgIpc) is 2.57. The molecule has 1 fully saturated rings. The summed E-state index contributed by atoms with van der Waals surface area (Å²) in [7, 11) is 1.27. The van der Waals surface area contributed by atoms with Gasteiger partial charge >= 0.3 is 5.97 Å². The summed E-state index contributed by atoms with van der Waals surface area (Å²) in [6.07, 6.45) is -1.46. The number of aliphatic hydroxyl groups is 1. The molecule has 1 saturated heterocycles. The summed E-state index contributed by atoms with van der Waals surface area (Å²) in [5, 5.41) is 12.5. The molecule has 8 heteroatoms. The van der Waals surface area contributed by atoms with E-state index in [1.165, 1.54) is 7.05 Å². The van der Waals surface area contributed by atoms with Gasteiger partial charge in [-0.3, -0.25) is 4.79 Å². The molecule has 2 unspecified atom stereocenters. The Labute approximate surface area is 106 Å². The van der Waals surface area contributed by atoms with Gasteiger partial charge in [-0.25, -0.2) is 13.6 Å². The molecule has 1 aliphatic rings. The van der Waals surface area contributed by atoms with Gasteiger partial charge in [0.05, 0.1) is 5.69 Å². The van der Waals surface area contributed by atoms with Crippen LogP contribution in [0.2, 0.25) is 0 Å². The molecule has 1 amide bonds. The number of aliphatic hydroxyl groups excluding tert-OH is 1. The second-order valence-electron chi connectivity index (χ2n) is 3.96. The first-order valence-electron chi connectivity index (χ1n) is 5.29. The van der Waals surface area contributed by atoms with Crippen molar-refractivity contribution >= 4 is 17.6 Å². The molecule has 6 nitrogen and oxygen atoms in total. The minimum Gasteiger partial charge on any atom is -0.374 e. The maximum atomic E-state index is 13.3. The van der Waals surface area contributed by atoms with E-state index in [1.807, 2.05) is 0 Å². The number of nitrogens with zero attached hydrogens (tertiary/aromatic N) is 1. The molecule has 19 heavy (non-hydrogen) atoms. The SMILES string of the molecule is CN1OC(=O)C(C(=O)Nc2ccc(F)cc2F)C1O. The number of nitrogens with one attached hydrogen (secondary N) is 1. The third-order valence-electron chi connectivity index (χ3n) is 2.63. The van der Waals surface area contributed by atoms with Crippen LogP contribution in [-0.2, 0) is 14.4 Å². The Bertz CT molecular complexity index is 537. The van der Waals surface area contributed by atoms with Gasteiger partial charge < -0.3 is 15.3 Å². The maximum Gasteiger partial charge on any atom is 0.341 e. The number of carbonyl (C=O) groups excluding carboxylic acids is 2. The van der Waals surface area contributed by atoms with E-state index in [2.05, 4.69) is 10.2 Å². The summed E-state index contributed by atoms with van der Waals surface area (Å²) < 4.78 is 26.0. The van der Waals surface area contributed by atoms with Crippen molar-refractivity contribution in [2.75, 3.05) is 12.4 Å². The van der Waals surface area contributed by atoms with Gasteiger partial charge in [0.15, 0.2) is 12.1 Å². The van der Waals surface area contributed by atoms with E-state index < -0.39 is 35.7 Å². The minimum atomic E-state index is -1.49. The lowest BCUT2D eigenvalue weighted by Crippen LogP contribution is -2.37. The van der Waals surface area contributed by atoms with Crippen LogP contribution in [0, 0.1) is 17.6 Å². The Kier molecular flexibility index (Phi) is 3.45. The number of hydrogen-bond acceptors (Lipinski definition) is 5. The molecule has 1 heterocycles. The van der Waals surface area contributed by atoms with Gasteiger partial charge in [0, 0.05) is 13.1 Å². The number of anilines is 1. The first-order chi connectivity index (χ1) is 8.90. The molecule has 102 valence electrons. The number of amides is 1. The lowest BCUT2D eigenvalue weighted by atomic mass is 10.1. The Morgan fingerprint density at radius 3 is 2.68 bits per heavy atom. The molecule has 0 radical (unpaired) electrons. The fraction of sp³-hybridized carbons (Fsp3) is 0.273. The van der Waals surface area contributed by atoms with Crippen molar-refractivity contribution in [3.05, 3.63) is 29.8 Å². The van der Waals surface area contributed by atoms with Gasteiger partial charge in [-0.15, -0.1) is 5.06 Å². The summed E-state index contributed by atoms with van der Waals surface area (Å²) >= 11 is 0. The van der Waals surface area contributed by atoms with Crippen molar-refractivity contribution in [1.29, 1.82) is 0 Å². The fourth-order valence-corrected chi connectivity index (χ4v) is 1.63. The summed E-state index contributed by atoms with van der Waals surface area (Å²) in [6, 6.07) is 2.55. The number of rotatable bonds is 2. The maximum absolute atomic E-state index is 13.3. The van der Waals surface area contributed by atoms with Gasteiger partial charge in [0.2, 0.25) is 5.91 Å². The Balaban J connectivity index is 2.15. The second-order valence-corrected chi connectivity index (χ2v) is 3.96. The highest BCUT2D eigenvalue weighted by Gasteiger charge is 2.45. The molecule has 1 aliphatic heterocycles. The first kappa shape index (κ1) is 13.4. The molecular formula is C11H10F2N2O4. The van der Waals surface area contributed by atoms with Gasteiger partial charge in [-0.2, -0.15) is 0 Å². The molecule has 0 saturated carbocycles. The van der Waals surface area contributed by atoms with Crippen molar-refractivity contribution in [3.63, 3.8) is 0 Å². The molecule has 2 rings (SSSR count). The Hall–Kier alpha value is -2.06. The molecule has 2 atom stereocenters. The van der Waals surface area contributed by atoms with Crippen molar-refractivity contribution in [2.45, 2.75) is 6.23 Å². The molecule has 1 aromatic carbocycles. The summed E-state index contributed by atoms with van der Waals surface area (Å²) in [4.78, 5) is 27.6. The summed E-state index contributed by atoms with van der Waals surface area (Å²) in [5.41, 5.74) is -0.291. The second kappa shape index (κ2) is 4.90. The van der Waals surface area contributed by atoms with Crippen LogP contribution in [0.25, 0.3) is 0 Å². The zero-order valence-corrected chi connectivity index (χ0v) is 9.76. The largest absolute Gasteiger partial charge is 0.374 e. The number of hydrogen-bond donors (Lipinski definition) is 2. The predicted octanol–water partition coefficient (Wildman–Crippen LogP) is 0.241. The van der Waals surface area contributed by atoms with Crippen molar-refractivity contribution in [3.8, 4) is 0 Å². The highest BCUT2D eigenvalue weighted by Crippen LogP contribution is 2.22. The van der Waals surface area contributed by atoms with Crippen LogP contribution in [0.5, 0.6) is 0 Å². The third-order valence-corrected chi connectivity index (χ3v) is 2.63. The minimum absolute atomic E-state index is 0.291. The van der Waals surface area contributed by atoms with E-state index in [-0.39, 0.29) is 5.69 Å². The molecular weight excluding hydrogens is 262 g/mol. The van der Waals surface area contributed by atoms with Gasteiger partial charge in [0.25, 0.3) is 0 Å². The Morgan fingerprint density at radius 2 is 2.16 bits per heavy atom. The monoisotopic (exact) mass is 272 g/mol. The lowest BCUT2D eigenvalue weighted by Gasteiger charge is -2.13. The topological polar surface area (TPSA) is 78.9 Å². The van der Waals surface area contributed by atoms with Crippen molar-refractivity contribution < 1.29 is 28.3 Å². The first-order valence-corrected chi connectivity index (χ1v) is 5.29. The smallest absolute Gasteiger partial charge is 0.341 e. The molecule has 1 aromatic rings. The third kappa shape index (κ3) is 2.54. The van der Waals surface area contributed by atoms with Crippen LogP contribution < -0.4 is 5.32 Å². The van der Waals surface area contributed by atoms with Crippen molar-refractivity contribution in [2.24, 2.45) is 5.92 Å². The average molecular weight is 272 g/mol. The number of halogens is 2. The highest BCUT2D eigenvalue weighted by molar-refractivity contribution is 6.05. The van der Waals surface area contributed by atoms with Crippen LogP contribution in [0.15, 0.2) is 18.2 Å². The fourth-order valence-electron chi connectivity index (χ4n) is 1.63. The van der Waals surface area contributed by atoms with Crippen LogP contribution in [0.3, 0.4) is 0 Å². The standard InChI is InChI=1S/C11H10F2N2O4/c1-15-10(17)8(11(18)19-15)9(16)14-7-3-2-5(12)4-6(7)13/h2-4,8,10,17H,1H3,(H,14,16). The van der Waals surface area contributed by atoms with Gasteiger partial charge in [-0.1, -0.05) is 0 Å². The number of hydroxylamine groups is 2. The van der Waals surface area contributed by atoms with Crippen molar-refractivity contribution in [1.82, 2.24) is 5.06 Å². The molecule has 0 bridgehead atoms. The lowest BCUT2D eigenvalue weighted by molar-refractivity contribution is -0.183. The summed E-state index contributed by atoms with van der Waals surface area (Å²) in [5.74, 6) is -5.16. The van der Waals surface area contributed by atoms with E-state index in [1.54, 1.807) is 0 Å². The number of benzene rings is 1. The quantitative estimate of drug-likeness (QED) is 0.754. The van der Waals surface area contributed by atoms with Crippen LogP contribution >= 0.6 is 0 Å². The zero-order valence-electron chi connectivity index (χ0n) is 9.76. The van der Waals surface area contributed by atoms with E-state index in [0.717, 1.165) is 17.2 Å². The Morgan fingerprint density at radius 1 is 1.47 bits per heavy atom. The molecule has 2 N–H and O–H groups in total. The highest BCUT2D eigenvalue weighted by atomic mass is 19.1. The molecule has 0 aliphatic carbocycles. The zero-order chi connectivity index (χ0) is 14.2. The van der Waals surface area contributed by atoms with E-state index >= 15 is 0 Å². The predicted molar refractivity (Wildman–Crippen MR) is 58.3 cm³/mol. The van der Waals surface area contributed by atoms with Gasteiger partial charge in [0.1, 0.15) is 11.6 Å². The van der Waals surface area contributed by atoms with Crippen LogP contribution in [0.1, 0.15) is 0 Å². The van der Waals surface area contributed by atoms with E-state index in [4.69, 9.17) is 0 Å². The number of carbonyl (C=O) groups is 2. The van der Waals surface area contributed by atoms with Crippen LogP contribution in [-0.4, -0.2) is 35.3 Å². The van der Waals surface area contributed by atoms with E-state index in [0.29, 0.717) is 6.07 Å². The van der Waals surface area contributed by atoms with E-state index in [9.17, 15) is 23.5 Å². The summed E-state index contributed by atoms with van der Waals surface area (Å²) in [6.45, 7) is 0. The van der Waals surface area contributed by atoms with Gasteiger partial charge in [-0.05, 0) is 12.1 Å². The molecule has 0 spiro atoms.